The van der Waals surface area contributed by atoms with Crippen molar-refractivity contribution >= 4 is 11.6 Å². The molecule has 0 saturated heterocycles. The summed E-state index contributed by atoms with van der Waals surface area (Å²) in [6, 6.07) is 6.04. The molecule has 0 heterocycles. The summed E-state index contributed by atoms with van der Waals surface area (Å²) < 4.78 is 5.73. The van der Waals surface area contributed by atoms with Crippen LogP contribution in [0.25, 0.3) is 0 Å². The molecule has 1 aromatic rings. The van der Waals surface area contributed by atoms with Gasteiger partial charge in [0.1, 0.15) is 5.75 Å². The molecule has 2 N–H and O–H groups in total. The molecule has 2 fully saturated rings. The Balaban J connectivity index is 1.84. The minimum atomic E-state index is -0.165. The van der Waals surface area contributed by atoms with Crippen molar-refractivity contribution in [2.75, 3.05) is 0 Å². The Bertz CT molecular complexity index is 422. The molecule has 2 aliphatic carbocycles. The van der Waals surface area contributed by atoms with Crippen LogP contribution in [0.2, 0.25) is 5.02 Å². The van der Waals surface area contributed by atoms with Gasteiger partial charge in [0.15, 0.2) is 0 Å². The fourth-order valence-corrected chi connectivity index (χ4v) is 2.79. The van der Waals surface area contributed by atoms with Gasteiger partial charge in [0, 0.05) is 5.54 Å². The van der Waals surface area contributed by atoms with Gasteiger partial charge in [-0.3, -0.25) is 0 Å². The van der Waals surface area contributed by atoms with Crippen LogP contribution in [0, 0.1) is 0 Å². The first-order valence-electron chi connectivity index (χ1n) is 6.43. The monoisotopic (exact) mass is 251 g/mol. The molecule has 0 aliphatic heterocycles. The van der Waals surface area contributed by atoms with Gasteiger partial charge < -0.3 is 10.5 Å². The summed E-state index contributed by atoms with van der Waals surface area (Å²) in [5.41, 5.74) is 7.40. The predicted molar refractivity (Wildman–Crippen MR) is 69.4 cm³/mol. The molecule has 0 bridgehead atoms. The highest BCUT2D eigenvalue weighted by Crippen LogP contribution is 2.39. The molecule has 92 valence electrons. The second kappa shape index (κ2) is 4.18. The smallest absolute Gasteiger partial charge is 0.138 e. The van der Waals surface area contributed by atoms with E-state index >= 15 is 0 Å². The highest BCUT2D eigenvalue weighted by Gasteiger charge is 2.32. The standard InChI is InChI=1S/C14H18ClNO/c15-12-9-10(14(16)7-1-2-8-14)3-6-13(12)17-11-4-5-11/h3,6,9,11H,1-2,4-5,7-8,16H2. The molecule has 17 heavy (non-hydrogen) atoms. The minimum absolute atomic E-state index is 0.165. The van der Waals surface area contributed by atoms with E-state index in [4.69, 9.17) is 22.1 Å². The van der Waals surface area contributed by atoms with Crippen LogP contribution in [0.5, 0.6) is 5.75 Å². The summed E-state index contributed by atoms with van der Waals surface area (Å²) in [6.07, 6.45) is 7.25. The van der Waals surface area contributed by atoms with Gasteiger partial charge in [-0.05, 0) is 43.4 Å². The summed E-state index contributed by atoms with van der Waals surface area (Å²) in [4.78, 5) is 0. The minimum Gasteiger partial charge on any atom is -0.489 e. The van der Waals surface area contributed by atoms with Crippen molar-refractivity contribution in [2.45, 2.75) is 50.2 Å². The molecule has 3 heteroatoms. The number of hydrogen-bond acceptors (Lipinski definition) is 2. The lowest BCUT2D eigenvalue weighted by molar-refractivity contribution is 0.303. The first-order valence-corrected chi connectivity index (χ1v) is 6.81. The second-order valence-electron chi connectivity index (χ2n) is 5.33. The Morgan fingerprint density at radius 3 is 2.53 bits per heavy atom. The maximum absolute atomic E-state index is 6.41. The number of ether oxygens (including phenoxy) is 1. The Kier molecular flexibility index (Phi) is 2.80. The Morgan fingerprint density at radius 2 is 1.94 bits per heavy atom. The van der Waals surface area contributed by atoms with Crippen LogP contribution in [0.1, 0.15) is 44.1 Å². The average molecular weight is 252 g/mol. The van der Waals surface area contributed by atoms with Gasteiger partial charge in [-0.1, -0.05) is 30.5 Å². The first-order chi connectivity index (χ1) is 8.17. The fourth-order valence-electron chi connectivity index (χ4n) is 2.57. The predicted octanol–water partition coefficient (Wildman–Crippen LogP) is 3.61. The van der Waals surface area contributed by atoms with Crippen molar-refractivity contribution < 1.29 is 4.74 Å². The summed E-state index contributed by atoms with van der Waals surface area (Å²) in [5, 5.41) is 0.700. The van der Waals surface area contributed by atoms with E-state index in [0.717, 1.165) is 37.0 Å². The Hall–Kier alpha value is -0.730. The first kappa shape index (κ1) is 11.4. The van der Waals surface area contributed by atoms with Crippen LogP contribution in [-0.2, 0) is 5.54 Å². The van der Waals surface area contributed by atoms with Crippen molar-refractivity contribution in [1.82, 2.24) is 0 Å². The summed E-state index contributed by atoms with van der Waals surface area (Å²) in [7, 11) is 0. The molecular formula is C14H18ClNO. The Labute approximate surface area is 107 Å². The fraction of sp³-hybridized carbons (Fsp3) is 0.571. The molecule has 1 aromatic carbocycles. The molecule has 2 nitrogen and oxygen atoms in total. The molecule has 0 unspecified atom stereocenters. The van der Waals surface area contributed by atoms with Gasteiger partial charge >= 0.3 is 0 Å². The van der Waals surface area contributed by atoms with E-state index < -0.39 is 0 Å². The SMILES string of the molecule is NC1(c2ccc(OC3CC3)c(Cl)c2)CCCC1. The maximum atomic E-state index is 6.41. The van der Waals surface area contributed by atoms with Crippen LogP contribution in [0.15, 0.2) is 18.2 Å². The Morgan fingerprint density at radius 1 is 1.24 bits per heavy atom. The quantitative estimate of drug-likeness (QED) is 0.891. The molecule has 0 spiro atoms. The average Bonchev–Trinajstić information content (AvgIpc) is 3.02. The molecule has 2 saturated carbocycles. The van der Waals surface area contributed by atoms with Crippen molar-refractivity contribution in [1.29, 1.82) is 0 Å². The lowest BCUT2D eigenvalue weighted by Crippen LogP contribution is -2.32. The summed E-state index contributed by atoms with van der Waals surface area (Å²) in [6.45, 7) is 0. The van der Waals surface area contributed by atoms with Crippen molar-refractivity contribution in [3.8, 4) is 5.75 Å². The molecule has 0 amide bonds. The molecule has 0 atom stereocenters. The summed E-state index contributed by atoms with van der Waals surface area (Å²) in [5.74, 6) is 0.805. The number of benzene rings is 1. The number of halogens is 1. The zero-order chi connectivity index (χ0) is 11.9. The van der Waals surface area contributed by atoms with Crippen molar-refractivity contribution in [3.63, 3.8) is 0 Å². The van der Waals surface area contributed by atoms with Gasteiger partial charge in [-0.2, -0.15) is 0 Å². The lowest BCUT2D eigenvalue weighted by Gasteiger charge is -2.24. The van der Waals surface area contributed by atoms with Crippen LogP contribution < -0.4 is 10.5 Å². The van der Waals surface area contributed by atoms with E-state index in [1.807, 2.05) is 12.1 Å². The van der Waals surface area contributed by atoms with E-state index in [1.54, 1.807) is 0 Å². The molecular weight excluding hydrogens is 234 g/mol. The number of rotatable bonds is 3. The van der Waals surface area contributed by atoms with Gasteiger partial charge in [0.25, 0.3) is 0 Å². The zero-order valence-electron chi connectivity index (χ0n) is 9.92. The largest absolute Gasteiger partial charge is 0.489 e. The topological polar surface area (TPSA) is 35.2 Å². The van der Waals surface area contributed by atoms with Gasteiger partial charge in [-0.25, -0.2) is 0 Å². The zero-order valence-corrected chi connectivity index (χ0v) is 10.7. The third kappa shape index (κ3) is 2.29. The van der Waals surface area contributed by atoms with Crippen molar-refractivity contribution in [3.05, 3.63) is 28.8 Å². The van der Waals surface area contributed by atoms with E-state index in [-0.39, 0.29) is 5.54 Å². The van der Waals surface area contributed by atoms with Crippen LogP contribution >= 0.6 is 11.6 Å². The van der Waals surface area contributed by atoms with E-state index in [2.05, 4.69) is 6.07 Å². The van der Waals surface area contributed by atoms with E-state index in [1.165, 1.54) is 12.8 Å². The van der Waals surface area contributed by atoms with E-state index in [0.29, 0.717) is 11.1 Å². The van der Waals surface area contributed by atoms with Crippen LogP contribution in [0.4, 0.5) is 0 Å². The molecule has 0 aromatic heterocycles. The second-order valence-corrected chi connectivity index (χ2v) is 5.73. The van der Waals surface area contributed by atoms with Crippen LogP contribution in [0.3, 0.4) is 0 Å². The third-order valence-electron chi connectivity index (χ3n) is 3.82. The summed E-state index contributed by atoms with van der Waals surface area (Å²) >= 11 is 6.26. The maximum Gasteiger partial charge on any atom is 0.138 e. The highest BCUT2D eigenvalue weighted by atomic mass is 35.5. The molecule has 2 aliphatic rings. The van der Waals surface area contributed by atoms with Gasteiger partial charge in [0.05, 0.1) is 11.1 Å². The number of hydrogen-bond donors (Lipinski definition) is 1. The van der Waals surface area contributed by atoms with Crippen LogP contribution in [-0.4, -0.2) is 6.10 Å². The van der Waals surface area contributed by atoms with Gasteiger partial charge in [-0.15, -0.1) is 0 Å². The van der Waals surface area contributed by atoms with Gasteiger partial charge in [0.2, 0.25) is 0 Å². The third-order valence-corrected chi connectivity index (χ3v) is 4.12. The molecule has 0 radical (unpaired) electrons. The molecule has 3 rings (SSSR count). The number of nitrogens with two attached hydrogens (primary N) is 1. The van der Waals surface area contributed by atoms with Crippen molar-refractivity contribution in [2.24, 2.45) is 5.73 Å². The normalized spacial score (nSPS) is 22.7. The lowest BCUT2D eigenvalue weighted by atomic mass is 9.89. The highest BCUT2D eigenvalue weighted by molar-refractivity contribution is 6.32. The van der Waals surface area contributed by atoms with E-state index in [9.17, 15) is 0 Å².